The van der Waals surface area contributed by atoms with Crippen LogP contribution in [-0.4, -0.2) is 24.5 Å². The molecule has 2 bridgehead atoms. The number of carbonyl (C=O) groups is 3. The number of esters is 1. The molecule has 0 radical (unpaired) electrons. The number of aliphatic carboxylic acids is 1. The van der Waals surface area contributed by atoms with Gasteiger partial charge in [0.1, 0.15) is 0 Å². The van der Waals surface area contributed by atoms with Crippen LogP contribution in [0.2, 0.25) is 0 Å². The number of fused-ring (bicyclic) bond motifs is 1. The molecule has 3 aromatic carbocycles. The first-order chi connectivity index (χ1) is 16.0. The minimum atomic E-state index is -1.23. The van der Waals surface area contributed by atoms with Gasteiger partial charge < -0.3 is 20.0 Å². The minimum Gasteiger partial charge on any atom is -0.550 e. The van der Waals surface area contributed by atoms with E-state index < -0.39 is 29.7 Å². The number of nitrogens with one attached hydrogen (secondary N) is 1. The van der Waals surface area contributed by atoms with Gasteiger partial charge in [0.05, 0.1) is 18.1 Å². The molecule has 0 heterocycles. The molecular weight excluding hydrogens is 418 g/mol. The molecule has 2 atom stereocenters. The Morgan fingerprint density at radius 2 is 1.27 bits per heavy atom. The molecule has 166 valence electrons. The Morgan fingerprint density at radius 3 is 1.73 bits per heavy atom. The van der Waals surface area contributed by atoms with Crippen molar-refractivity contribution in [1.82, 2.24) is 0 Å². The smallest absolute Gasteiger partial charge is 0.338 e. The molecule has 0 spiro atoms. The van der Waals surface area contributed by atoms with Crippen LogP contribution in [0.5, 0.6) is 0 Å². The average Bonchev–Trinajstić information content (AvgIpc) is 2.84. The molecule has 6 heteroatoms. The van der Waals surface area contributed by atoms with Gasteiger partial charge in [0.25, 0.3) is 0 Å². The fourth-order valence-electron chi connectivity index (χ4n) is 5.41. The van der Waals surface area contributed by atoms with E-state index in [4.69, 9.17) is 4.74 Å². The minimum absolute atomic E-state index is 0.273. The molecule has 3 aliphatic carbocycles. The van der Waals surface area contributed by atoms with E-state index in [0.717, 1.165) is 22.3 Å². The Hall–Kier alpha value is -3.93. The maximum Gasteiger partial charge on any atom is 0.338 e. The van der Waals surface area contributed by atoms with Gasteiger partial charge in [0, 0.05) is 29.4 Å². The van der Waals surface area contributed by atoms with E-state index in [9.17, 15) is 19.5 Å². The highest BCUT2D eigenvalue weighted by molar-refractivity contribution is 5.98. The van der Waals surface area contributed by atoms with Crippen molar-refractivity contribution >= 4 is 23.5 Å². The second kappa shape index (κ2) is 8.20. The zero-order valence-corrected chi connectivity index (χ0v) is 18.0. The Labute approximate surface area is 191 Å². The van der Waals surface area contributed by atoms with Crippen LogP contribution in [0.4, 0.5) is 5.69 Å². The highest BCUT2D eigenvalue weighted by atomic mass is 16.5. The van der Waals surface area contributed by atoms with E-state index in [1.807, 2.05) is 48.5 Å². The summed E-state index contributed by atoms with van der Waals surface area (Å²) < 4.78 is 4.99. The third-order valence-corrected chi connectivity index (χ3v) is 6.68. The van der Waals surface area contributed by atoms with Crippen molar-refractivity contribution in [2.75, 3.05) is 11.9 Å². The van der Waals surface area contributed by atoms with Crippen LogP contribution in [0.25, 0.3) is 0 Å². The van der Waals surface area contributed by atoms with Gasteiger partial charge in [-0.15, -0.1) is 0 Å². The summed E-state index contributed by atoms with van der Waals surface area (Å²) in [5, 5.41) is 15.2. The van der Waals surface area contributed by atoms with Crippen LogP contribution >= 0.6 is 0 Å². The summed E-state index contributed by atoms with van der Waals surface area (Å²) in [7, 11) is 0. The zero-order valence-electron chi connectivity index (χ0n) is 18.0. The van der Waals surface area contributed by atoms with Crippen molar-refractivity contribution in [2.45, 2.75) is 18.8 Å². The van der Waals surface area contributed by atoms with Gasteiger partial charge in [-0.25, -0.2) is 4.79 Å². The number of carboxylic acid groups (broad SMARTS) is 1. The van der Waals surface area contributed by atoms with Crippen LogP contribution in [0, 0.1) is 11.8 Å². The summed E-state index contributed by atoms with van der Waals surface area (Å²) in [6.45, 7) is 2.00. The molecule has 0 saturated heterocycles. The monoisotopic (exact) mass is 440 g/mol. The summed E-state index contributed by atoms with van der Waals surface area (Å²) in [5.41, 5.74) is 4.71. The summed E-state index contributed by atoms with van der Waals surface area (Å²) in [5.74, 6) is -4.70. The lowest BCUT2D eigenvalue weighted by Gasteiger charge is -2.50. The van der Waals surface area contributed by atoms with Crippen LogP contribution < -0.4 is 10.4 Å². The number of benzene rings is 3. The predicted octanol–water partition coefficient (Wildman–Crippen LogP) is 3.08. The average molecular weight is 440 g/mol. The Morgan fingerprint density at radius 1 is 0.788 bits per heavy atom. The third-order valence-electron chi connectivity index (χ3n) is 6.68. The number of carbonyl (C=O) groups excluding carboxylic acids is 3. The third kappa shape index (κ3) is 3.39. The molecule has 6 rings (SSSR count). The van der Waals surface area contributed by atoms with Crippen LogP contribution in [0.15, 0.2) is 72.8 Å². The number of carboxylic acids is 1. The molecule has 33 heavy (non-hydrogen) atoms. The van der Waals surface area contributed by atoms with Crippen LogP contribution in [0.1, 0.15) is 51.4 Å². The Bertz CT molecular complexity index is 1200. The summed E-state index contributed by atoms with van der Waals surface area (Å²) in [6.07, 6.45) is 0. The number of rotatable bonds is 5. The van der Waals surface area contributed by atoms with Gasteiger partial charge >= 0.3 is 5.97 Å². The topological polar surface area (TPSA) is 95.5 Å². The molecular formula is C27H22NO5-. The molecule has 1 amide bonds. The molecule has 0 fully saturated rings. The molecule has 1 N–H and O–H groups in total. The normalized spacial score (nSPS) is 22.1. The zero-order chi connectivity index (χ0) is 23.1. The van der Waals surface area contributed by atoms with E-state index in [-0.39, 0.29) is 18.4 Å². The number of ether oxygens (including phenoxy) is 1. The van der Waals surface area contributed by atoms with Crippen molar-refractivity contribution in [1.29, 1.82) is 0 Å². The first kappa shape index (κ1) is 20.9. The van der Waals surface area contributed by atoms with Gasteiger partial charge in [0.15, 0.2) is 0 Å². The standard InChI is InChI=1S/C27H23NO5/c1-2-33-27(32)15-11-13-16(14-12-15)28-25(29)23-21-17-7-3-5-9-19(17)22(24(23)26(30)31)20-10-6-4-8-18(20)21/h3-14,21-24H,2H2,1H3,(H,28,29)(H,30,31)/p-1/t21?,22?,23-,24+/m0/s1. The maximum absolute atomic E-state index is 13.5. The summed E-state index contributed by atoms with van der Waals surface area (Å²) >= 11 is 0. The van der Waals surface area contributed by atoms with Gasteiger partial charge in [-0.05, 0) is 53.4 Å². The molecule has 0 saturated carbocycles. The Kier molecular flexibility index (Phi) is 5.21. The van der Waals surface area contributed by atoms with Gasteiger partial charge in [-0.2, -0.15) is 0 Å². The number of anilines is 1. The number of hydrogen-bond acceptors (Lipinski definition) is 5. The van der Waals surface area contributed by atoms with Crippen LogP contribution in [-0.2, 0) is 14.3 Å². The number of hydrogen-bond donors (Lipinski definition) is 1. The van der Waals surface area contributed by atoms with E-state index in [1.54, 1.807) is 31.2 Å². The molecule has 0 unspecified atom stereocenters. The fraction of sp³-hybridized carbons (Fsp3) is 0.222. The van der Waals surface area contributed by atoms with Crippen molar-refractivity contribution < 1.29 is 24.2 Å². The van der Waals surface area contributed by atoms with Crippen molar-refractivity contribution in [3.05, 3.63) is 101 Å². The highest BCUT2D eigenvalue weighted by Crippen LogP contribution is 2.58. The van der Waals surface area contributed by atoms with Crippen LogP contribution in [0.3, 0.4) is 0 Å². The first-order valence-corrected chi connectivity index (χ1v) is 11.0. The molecule has 0 aliphatic heterocycles. The molecule has 3 aliphatic rings. The van der Waals surface area contributed by atoms with E-state index >= 15 is 0 Å². The second-order valence-electron chi connectivity index (χ2n) is 8.37. The van der Waals surface area contributed by atoms with Gasteiger partial charge in [-0.3, -0.25) is 4.79 Å². The largest absolute Gasteiger partial charge is 0.550 e. The Balaban J connectivity index is 1.52. The molecule has 0 aromatic heterocycles. The van der Waals surface area contributed by atoms with Gasteiger partial charge in [-0.1, -0.05) is 48.5 Å². The summed E-state index contributed by atoms with van der Waals surface area (Å²) in [4.78, 5) is 37.8. The van der Waals surface area contributed by atoms with Gasteiger partial charge in [0.2, 0.25) is 5.91 Å². The SMILES string of the molecule is CCOC(=O)c1ccc(NC(=O)[C@H]2C3c4ccccc4C(c4ccccc43)[C@H]2C(=O)[O-])cc1. The van der Waals surface area contributed by atoms with Crippen molar-refractivity contribution in [2.24, 2.45) is 11.8 Å². The lowest BCUT2D eigenvalue weighted by molar-refractivity contribution is -0.314. The van der Waals surface area contributed by atoms with E-state index in [2.05, 4.69) is 5.32 Å². The van der Waals surface area contributed by atoms with Crippen molar-refractivity contribution in [3.8, 4) is 0 Å². The lowest BCUT2D eigenvalue weighted by Crippen LogP contribution is -2.52. The lowest BCUT2D eigenvalue weighted by atomic mass is 9.54. The number of amides is 1. The predicted molar refractivity (Wildman–Crippen MR) is 120 cm³/mol. The first-order valence-electron chi connectivity index (χ1n) is 11.0. The van der Waals surface area contributed by atoms with E-state index in [1.165, 1.54) is 0 Å². The molecule has 3 aromatic rings. The van der Waals surface area contributed by atoms with E-state index in [0.29, 0.717) is 11.3 Å². The van der Waals surface area contributed by atoms with Crippen molar-refractivity contribution in [3.63, 3.8) is 0 Å². The second-order valence-corrected chi connectivity index (χ2v) is 8.37. The quantitative estimate of drug-likeness (QED) is 0.615. The fourth-order valence-corrected chi connectivity index (χ4v) is 5.41. The maximum atomic E-state index is 13.5. The highest BCUT2D eigenvalue weighted by Gasteiger charge is 2.52. The molecule has 6 nitrogen and oxygen atoms in total. The summed E-state index contributed by atoms with van der Waals surface area (Å²) in [6, 6.07) is 21.8.